The van der Waals surface area contributed by atoms with Crippen LogP contribution in [0.4, 0.5) is 0 Å². The lowest BCUT2D eigenvalue weighted by Crippen LogP contribution is -2.28. The van der Waals surface area contributed by atoms with Crippen LogP contribution in [0.15, 0.2) is 22.5 Å². The molecule has 0 aliphatic heterocycles. The normalized spacial score (nSPS) is 19.2. The monoisotopic (exact) mass is 164 g/mol. The summed E-state index contributed by atoms with van der Waals surface area (Å²) >= 11 is 0. The van der Waals surface area contributed by atoms with E-state index < -0.39 is 0 Å². The highest BCUT2D eigenvalue weighted by molar-refractivity contribution is 6.25. The molecule has 0 saturated carbocycles. The van der Waals surface area contributed by atoms with Gasteiger partial charge >= 0.3 is 0 Å². The number of allylic oxidation sites excluding steroid dienone is 2. The van der Waals surface area contributed by atoms with Gasteiger partial charge in [0, 0.05) is 11.1 Å². The highest BCUT2D eigenvalue weighted by Gasteiger charge is 2.21. The van der Waals surface area contributed by atoms with Gasteiger partial charge in [-0.3, -0.25) is 10.8 Å². The molecule has 4 heteroatoms. The molecule has 6 N–H and O–H groups in total. The second-order valence-electron chi connectivity index (χ2n) is 2.83. The fourth-order valence-electron chi connectivity index (χ4n) is 1.05. The van der Waals surface area contributed by atoms with Crippen LogP contribution in [0.2, 0.25) is 0 Å². The van der Waals surface area contributed by atoms with Crippen molar-refractivity contribution in [2.45, 2.75) is 13.8 Å². The molecule has 0 atom stereocenters. The zero-order valence-corrected chi connectivity index (χ0v) is 7.15. The van der Waals surface area contributed by atoms with Gasteiger partial charge in [-0.05, 0) is 13.8 Å². The SMILES string of the molecule is CC1=C(N)C(=N)C(C)=C(N)C1=N. The second kappa shape index (κ2) is 2.48. The van der Waals surface area contributed by atoms with E-state index in [1.54, 1.807) is 13.8 Å². The summed E-state index contributed by atoms with van der Waals surface area (Å²) in [6, 6.07) is 0. The predicted molar refractivity (Wildman–Crippen MR) is 49.2 cm³/mol. The van der Waals surface area contributed by atoms with Crippen molar-refractivity contribution in [2.75, 3.05) is 0 Å². The van der Waals surface area contributed by atoms with Crippen LogP contribution in [-0.2, 0) is 0 Å². The lowest BCUT2D eigenvalue weighted by Gasteiger charge is -2.18. The molecule has 0 radical (unpaired) electrons. The van der Waals surface area contributed by atoms with E-state index in [1.807, 2.05) is 0 Å². The largest absolute Gasteiger partial charge is 0.397 e. The third-order valence-corrected chi connectivity index (χ3v) is 2.10. The summed E-state index contributed by atoms with van der Waals surface area (Å²) in [5.41, 5.74) is 13.5. The maximum absolute atomic E-state index is 7.53. The molecule has 0 spiro atoms. The van der Waals surface area contributed by atoms with Crippen LogP contribution in [0.3, 0.4) is 0 Å². The molecule has 0 saturated heterocycles. The van der Waals surface area contributed by atoms with E-state index in [2.05, 4.69) is 0 Å². The van der Waals surface area contributed by atoms with Crippen molar-refractivity contribution in [3.05, 3.63) is 22.5 Å². The van der Waals surface area contributed by atoms with Crippen molar-refractivity contribution in [1.29, 1.82) is 10.8 Å². The summed E-state index contributed by atoms with van der Waals surface area (Å²) in [5.74, 6) is 0. The molecular weight excluding hydrogens is 152 g/mol. The van der Waals surface area contributed by atoms with E-state index in [-0.39, 0.29) is 11.4 Å². The number of hydrogen-bond acceptors (Lipinski definition) is 4. The average molecular weight is 164 g/mol. The fraction of sp³-hybridized carbons (Fsp3) is 0.250. The Morgan fingerprint density at radius 2 is 1.08 bits per heavy atom. The third-order valence-electron chi connectivity index (χ3n) is 2.10. The van der Waals surface area contributed by atoms with Crippen LogP contribution in [0, 0.1) is 10.8 Å². The van der Waals surface area contributed by atoms with E-state index in [1.165, 1.54) is 0 Å². The van der Waals surface area contributed by atoms with Crippen LogP contribution in [-0.4, -0.2) is 11.4 Å². The van der Waals surface area contributed by atoms with Crippen LogP contribution in [0.1, 0.15) is 13.8 Å². The van der Waals surface area contributed by atoms with Gasteiger partial charge in [0.25, 0.3) is 0 Å². The Morgan fingerprint density at radius 1 is 0.833 bits per heavy atom. The molecule has 0 aromatic carbocycles. The molecule has 12 heavy (non-hydrogen) atoms. The topological polar surface area (TPSA) is 99.7 Å². The van der Waals surface area contributed by atoms with Gasteiger partial charge in [0.1, 0.15) is 0 Å². The number of rotatable bonds is 0. The zero-order chi connectivity index (χ0) is 9.46. The van der Waals surface area contributed by atoms with E-state index in [9.17, 15) is 0 Å². The maximum Gasteiger partial charge on any atom is 0.0823 e. The van der Waals surface area contributed by atoms with Crippen molar-refractivity contribution in [3.8, 4) is 0 Å². The molecule has 0 aromatic heterocycles. The molecule has 0 aromatic rings. The summed E-state index contributed by atoms with van der Waals surface area (Å²) in [4.78, 5) is 0. The molecule has 0 unspecified atom stereocenters. The summed E-state index contributed by atoms with van der Waals surface area (Å²) in [6.45, 7) is 3.40. The van der Waals surface area contributed by atoms with Crippen LogP contribution in [0.25, 0.3) is 0 Å². The molecule has 1 aliphatic carbocycles. The lowest BCUT2D eigenvalue weighted by atomic mass is 9.92. The van der Waals surface area contributed by atoms with Crippen molar-refractivity contribution in [3.63, 3.8) is 0 Å². The molecule has 0 amide bonds. The van der Waals surface area contributed by atoms with Gasteiger partial charge in [-0.2, -0.15) is 0 Å². The lowest BCUT2D eigenvalue weighted by molar-refractivity contribution is 1.23. The van der Waals surface area contributed by atoms with Gasteiger partial charge in [-0.25, -0.2) is 0 Å². The Balaban J connectivity index is 3.32. The molecular formula is C8H12N4. The summed E-state index contributed by atoms with van der Waals surface area (Å²) in [6.07, 6.45) is 0. The van der Waals surface area contributed by atoms with Gasteiger partial charge in [-0.1, -0.05) is 0 Å². The van der Waals surface area contributed by atoms with Crippen LogP contribution >= 0.6 is 0 Å². The minimum absolute atomic E-state index is 0.237. The third kappa shape index (κ3) is 0.922. The average Bonchev–Trinajstić information content (AvgIpc) is 2.08. The van der Waals surface area contributed by atoms with Gasteiger partial charge in [-0.15, -0.1) is 0 Å². The molecule has 0 fully saturated rings. The van der Waals surface area contributed by atoms with Crippen molar-refractivity contribution in [2.24, 2.45) is 11.5 Å². The Kier molecular flexibility index (Phi) is 1.76. The first-order valence-corrected chi connectivity index (χ1v) is 3.58. The number of hydrogen-bond donors (Lipinski definition) is 4. The second-order valence-corrected chi connectivity index (χ2v) is 2.83. The van der Waals surface area contributed by atoms with Gasteiger partial charge in [0.05, 0.1) is 22.8 Å². The standard InChI is InChI=1S/C8H12N4/c1-3-5(9)7(11)4(2)8(12)6(3)10/h9,12H,10-11H2,1-2H3. The number of nitrogens with one attached hydrogen (secondary N) is 2. The minimum Gasteiger partial charge on any atom is -0.397 e. The van der Waals surface area contributed by atoms with Crippen molar-refractivity contribution >= 4 is 11.4 Å². The van der Waals surface area contributed by atoms with Crippen molar-refractivity contribution < 1.29 is 0 Å². The molecule has 1 rings (SSSR count). The Morgan fingerprint density at radius 3 is 1.33 bits per heavy atom. The zero-order valence-electron chi connectivity index (χ0n) is 7.15. The molecule has 0 heterocycles. The summed E-state index contributed by atoms with van der Waals surface area (Å²) < 4.78 is 0. The molecule has 1 aliphatic rings. The first-order chi connectivity index (χ1) is 5.46. The predicted octanol–water partition coefficient (Wildman–Crippen LogP) is 0.505. The molecule has 4 nitrogen and oxygen atoms in total. The molecule has 0 bridgehead atoms. The Bertz CT molecular complexity index is 271. The highest BCUT2D eigenvalue weighted by atomic mass is 14.7. The van der Waals surface area contributed by atoms with E-state index in [4.69, 9.17) is 22.3 Å². The van der Waals surface area contributed by atoms with Crippen LogP contribution < -0.4 is 11.5 Å². The van der Waals surface area contributed by atoms with Gasteiger partial charge in [0.15, 0.2) is 0 Å². The summed E-state index contributed by atoms with van der Waals surface area (Å²) in [5, 5.41) is 15.1. The van der Waals surface area contributed by atoms with E-state index >= 15 is 0 Å². The van der Waals surface area contributed by atoms with Crippen molar-refractivity contribution in [1.82, 2.24) is 0 Å². The Hall–Kier alpha value is -1.58. The Labute approximate surface area is 71.0 Å². The maximum atomic E-state index is 7.53. The highest BCUT2D eigenvalue weighted by Crippen LogP contribution is 2.18. The quantitative estimate of drug-likeness (QED) is 0.392. The van der Waals surface area contributed by atoms with Gasteiger partial charge in [0.2, 0.25) is 0 Å². The van der Waals surface area contributed by atoms with E-state index in [0.29, 0.717) is 22.5 Å². The van der Waals surface area contributed by atoms with Crippen LogP contribution in [0.5, 0.6) is 0 Å². The first-order valence-electron chi connectivity index (χ1n) is 3.58. The van der Waals surface area contributed by atoms with Gasteiger partial charge < -0.3 is 11.5 Å². The first kappa shape index (κ1) is 8.52. The number of nitrogens with two attached hydrogens (primary N) is 2. The smallest absolute Gasteiger partial charge is 0.0823 e. The minimum atomic E-state index is 0.237. The summed E-state index contributed by atoms with van der Waals surface area (Å²) in [7, 11) is 0. The fourth-order valence-corrected chi connectivity index (χ4v) is 1.05. The van der Waals surface area contributed by atoms with E-state index in [0.717, 1.165) is 0 Å². The molecule has 64 valence electrons.